The van der Waals surface area contributed by atoms with Crippen molar-refractivity contribution < 1.29 is 8.42 Å². The van der Waals surface area contributed by atoms with Crippen LogP contribution in [0.5, 0.6) is 0 Å². The molecule has 3 rings (SSSR count). The lowest BCUT2D eigenvalue weighted by molar-refractivity contribution is 0.599. The fourth-order valence-electron chi connectivity index (χ4n) is 2.22. The third-order valence-corrected chi connectivity index (χ3v) is 5.36. The molecule has 90 valence electrons. The molecular weight excluding hydrogens is 234 g/mol. The lowest BCUT2D eigenvalue weighted by Crippen LogP contribution is -2.21. The Morgan fingerprint density at radius 3 is 2.76 bits per heavy atom. The Kier molecular flexibility index (Phi) is 2.38. The molecule has 0 amide bonds. The molecule has 0 radical (unpaired) electrons. The summed E-state index contributed by atoms with van der Waals surface area (Å²) in [6.45, 7) is 2.31. The van der Waals surface area contributed by atoms with E-state index in [1.807, 2.05) is 25.1 Å². The van der Waals surface area contributed by atoms with Crippen molar-refractivity contribution in [3.63, 3.8) is 0 Å². The number of hydrogen-bond acceptors (Lipinski definition) is 3. The molecule has 1 saturated carbocycles. The van der Waals surface area contributed by atoms with Gasteiger partial charge in [-0.25, -0.2) is 8.42 Å². The van der Waals surface area contributed by atoms with E-state index < -0.39 is 9.84 Å². The van der Waals surface area contributed by atoms with E-state index in [-0.39, 0.29) is 0 Å². The quantitative estimate of drug-likeness (QED) is 0.889. The number of nitrogens with one attached hydrogen (secondary N) is 1. The summed E-state index contributed by atoms with van der Waals surface area (Å²) >= 11 is 0. The average Bonchev–Trinajstić information content (AvgIpc) is 3.03. The first-order valence-corrected chi connectivity index (χ1v) is 7.36. The van der Waals surface area contributed by atoms with E-state index in [0.717, 1.165) is 11.1 Å². The molecule has 0 saturated heterocycles. The maximum absolute atomic E-state index is 12.3. The van der Waals surface area contributed by atoms with Gasteiger partial charge in [0.15, 0.2) is 0 Å². The topological polar surface area (TPSA) is 46.2 Å². The summed E-state index contributed by atoms with van der Waals surface area (Å²) in [4.78, 5) is 1.00. The highest BCUT2D eigenvalue weighted by atomic mass is 32.2. The zero-order valence-electron chi connectivity index (χ0n) is 9.73. The summed E-state index contributed by atoms with van der Waals surface area (Å²) in [6.07, 6.45) is 4.13. The second-order valence-corrected chi connectivity index (χ2v) is 6.70. The van der Waals surface area contributed by atoms with Crippen LogP contribution in [0.2, 0.25) is 0 Å². The zero-order chi connectivity index (χ0) is 12.0. The second-order valence-electron chi connectivity index (χ2n) is 4.76. The summed E-state index contributed by atoms with van der Waals surface area (Å²) in [7, 11) is -3.25. The van der Waals surface area contributed by atoms with Gasteiger partial charge in [-0.2, -0.15) is 0 Å². The molecular formula is C13H15NO2S. The van der Waals surface area contributed by atoms with Crippen LogP contribution in [-0.4, -0.2) is 21.0 Å². The third kappa shape index (κ3) is 1.81. The van der Waals surface area contributed by atoms with Crippen LogP contribution in [0.1, 0.15) is 24.0 Å². The molecule has 17 heavy (non-hydrogen) atoms. The molecule has 1 N–H and O–H groups in total. The summed E-state index contributed by atoms with van der Waals surface area (Å²) in [5.74, 6) is 0. The molecule has 1 aromatic carbocycles. The number of aryl methyl sites for hydroxylation is 1. The van der Waals surface area contributed by atoms with Crippen LogP contribution in [0.15, 0.2) is 28.0 Å². The van der Waals surface area contributed by atoms with Crippen LogP contribution >= 0.6 is 0 Å². The molecule has 4 heteroatoms. The van der Waals surface area contributed by atoms with Crippen LogP contribution in [0.25, 0.3) is 6.08 Å². The Morgan fingerprint density at radius 1 is 1.35 bits per heavy atom. The highest BCUT2D eigenvalue weighted by molar-refractivity contribution is 7.96. The van der Waals surface area contributed by atoms with Gasteiger partial charge in [-0.15, -0.1) is 0 Å². The van der Waals surface area contributed by atoms with Gasteiger partial charge in [-0.1, -0.05) is 18.2 Å². The molecule has 0 aromatic heterocycles. The minimum atomic E-state index is -3.25. The monoisotopic (exact) mass is 249 g/mol. The van der Waals surface area contributed by atoms with E-state index >= 15 is 0 Å². The predicted molar refractivity (Wildman–Crippen MR) is 67.4 cm³/mol. The minimum Gasteiger partial charge on any atom is -0.309 e. The van der Waals surface area contributed by atoms with Gasteiger partial charge in [0.2, 0.25) is 9.84 Å². The third-order valence-electron chi connectivity index (χ3n) is 3.32. The number of hydrogen-bond donors (Lipinski definition) is 1. The van der Waals surface area contributed by atoms with Crippen LogP contribution in [0.4, 0.5) is 0 Å². The Morgan fingerprint density at radius 2 is 2.12 bits per heavy atom. The first-order chi connectivity index (χ1) is 8.09. The molecule has 1 aliphatic heterocycles. The fourth-order valence-corrected chi connectivity index (χ4v) is 3.96. The molecule has 1 fully saturated rings. The summed E-state index contributed by atoms with van der Waals surface area (Å²) in [5.41, 5.74) is 1.66. The second kappa shape index (κ2) is 3.68. The number of sulfone groups is 1. The summed E-state index contributed by atoms with van der Waals surface area (Å²) in [5, 5.41) is 3.26. The molecule has 0 bridgehead atoms. The predicted octanol–water partition coefficient (Wildman–Crippen LogP) is 1.88. The zero-order valence-corrected chi connectivity index (χ0v) is 10.5. The van der Waals surface area contributed by atoms with Crippen molar-refractivity contribution >= 4 is 15.9 Å². The van der Waals surface area contributed by atoms with Gasteiger partial charge >= 0.3 is 0 Å². The molecule has 2 aliphatic rings. The maximum Gasteiger partial charge on any atom is 0.204 e. The van der Waals surface area contributed by atoms with Crippen molar-refractivity contribution in [2.75, 3.05) is 6.54 Å². The van der Waals surface area contributed by atoms with Crippen molar-refractivity contribution in [2.24, 2.45) is 0 Å². The van der Waals surface area contributed by atoms with E-state index in [2.05, 4.69) is 5.32 Å². The SMILES string of the molecule is Cc1cccc2c1S(=O)(=O)C(CNC1CC1)=C2. The lowest BCUT2D eigenvalue weighted by atomic mass is 10.1. The maximum atomic E-state index is 12.3. The highest BCUT2D eigenvalue weighted by Gasteiger charge is 2.32. The van der Waals surface area contributed by atoms with Gasteiger partial charge in [0, 0.05) is 12.6 Å². The van der Waals surface area contributed by atoms with E-state index in [4.69, 9.17) is 0 Å². The van der Waals surface area contributed by atoms with Crippen molar-refractivity contribution in [2.45, 2.75) is 30.7 Å². The Labute approximate surface area is 101 Å². The first-order valence-electron chi connectivity index (χ1n) is 5.88. The van der Waals surface area contributed by atoms with Crippen molar-refractivity contribution in [1.29, 1.82) is 0 Å². The Balaban J connectivity index is 1.96. The number of rotatable bonds is 3. The largest absolute Gasteiger partial charge is 0.309 e. The molecule has 1 heterocycles. The normalized spacial score (nSPS) is 21.1. The smallest absolute Gasteiger partial charge is 0.204 e. The van der Waals surface area contributed by atoms with E-state index in [1.54, 1.807) is 6.08 Å². The lowest BCUT2D eigenvalue weighted by Gasteiger charge is -2.06. The minimum absolute atomic E-state index is 0.459. The van der Waals surface area contributed by atoms with Gasteiger partial charge in [-0.05, 0) is 37.0 Å². The van der Waals surface area contributed by atoms with Gasteiger partial charge in [0.25, 0.3) is 0 Å². The fraction of sp³-hybridized carbons (Fsp3) is 0.385. The van der Waals surface area contributed by atoms with Crippen LogP contribution in [-0.2, 0) is 9.84 Å². The summed E-state index contributed by atoms with van der Waals surface area (Å²) in [6, 6.07) is 6.14. The van der Waals surface area contributed by atoms with Crippen LogP contribution in [0, 0.1) is 6.92 Å². The Hall–Kier alpha value is -1.13. The average molecular weight is 249 g/mol. The van der Waals surface area contributed by atoms with Crippen LogP contribution in [0.3, 0.4) is 0 Å². The van der Waals surface area contributed by atoms with Gasteiger partial charge in [0.1, 0.15) is 0 Å². The van der Waals surface area contributed by atoms with Crippen molar-refractivity contribution in [1.82, 2.24) is 5.32 Å². The Bertz CT molecular complexity index is 598. The van der Waals surface area contributed by atoms with E-state index in [0.29, 0.717) is 22.4 Å². The van der Waals surface area contributed by atoms with E-state index in [9.17, 15) is 8.42 Å². The molecule has 3 nitrogen and oxygen atoms in total. The van der Waals surface area contributed by atoms with Crippen LogP contribution < -0.4 is 5.32 Å². The summed E-state index contributed by atoms with van der Waals surface area (Å²) < 4.78 is 24.7. The van der Waals surface area contributed by atoms with Gasteiger partial charge in [0.05, 0.1) is 9.80 Å². The van der Waals surface area contributed by atoms with Gasteiger partial charge < -0.3 is 5.32 Å². The van der Waals surface area contributed by atoms with Crippen molar-refractivity contribution in [3.05, 3.63) is 34.2 Å². The van der Waals surface area contributed by atoms with Crippen molar-refractivity contribution in [3.8, 4) is 0 Å². The van der Waals surface area contributed by atoms with Gasteiger partial charge in [-0.3, -0.25) is 0 Å². The standard InChI is InChI=1S/C13H15NO2S/c1-9-3-2-4-10-7-12(8-14-11-5-6-11)17(15,16)13(9)10/h2-4,7,11,14H,5-6,8H2,1H3. The number of benzene rings is 1. The first kappa shape index (κ1) is 11.0. The molecule has 1 aromatic rings. The molecule has 0 unspecified atom stereocenters. The highest BCUT2D eigenvalue weighted by Crippen LogP contribution is 2.35. The number of fused-ring (bicyclic) bond motifs is 1. The molecule has 0 spiro atoms. The molecule has 1 aliphatic carbocycles. The van der Waals surface area contributed by atoms with E-state index in [1.165, 1.54) is 12.8 Å². The molecule has 0 atom stereocenters.